The lowest BCUT2D eigenvalue weighted by atomic mass is 10.1. The van der Waals surface area contributed by atoms with E-state index in [9.17, 15) is 19.7 Å². The summed E-state index contributed by atoms with van der Waals surface area (Å²) in [5.41, 5.74) is 0.524. The highest BCUT2D eigenvalue weighted by atomic mass is 32.1. The number of hydrogen-bond donors (Lipinski definition) is 2. The average molecular weight is 426 g/mol. The largest absolute Gasteiger partial charge is 0.339 e. The van der Waals surface area contributed by atoms with Crippen molar-refractivity contribution in [1.29, 1.82) is 0 Å². The normalized spacial score (nSPS) is 13.8. The summed E-state index contributed by atoms with van der Waals surface area (Å²) in [6.07, 6.45) is 4.19. The van der Waals surface area contributed by atoms with Gasteiger partial charge in [-0.25, -0.2) is 0 Å². The van der Waals surface area contributed by atoms with Crippen LogP contribution in [0, 0.1) is 10.1 Å². The second-order valence-electron chi connectivity index (χ2n) is 6.93. The lowest BCUT2D eigenvalue weighted by Crippen LogP contribution is -2.36. The number of nitro benzene ring substituents is 1. The highest BCUT2D eigenvalue weighted by molar-refractivity contribution is 7.80. The minimum Gasteiger partial charge on any atom is -0.339 e. The van der Waals surface area contributed by atoms with Crippen LogP contribution >= 0.6 is 12.2 Å². The quantitative estimate of drug-likeness (QED) is 0.438. The monoisotopic (exact) mass is 426 g/mol. The van der Waals surface area contributed by atoms with E-state index in [0.29, 0.717) is 24.3 Å². The molecule has 2 amide bonds. The van der Waals surface area contributed by atoms with E-state index in [0.717, 1.165) is 25.7 Å². The summed E-state index contributed by atoms with van der Waals surface area (Å²) in [7, 11) is 0. The summed E-state index contributed by atoms with van der Waals surface area (Å²) in [4.78, 5) is 37.8. The number of benzene rings is 2. The smallest absolute Gasteiger partial charge is 0.282 e. The van der Waals surface area contributed by atoms with Crippen molar-refractivity contribution in [2.24, 2.45) is 0 Å². The molecule has 0 saturated carbocycles. The Hall–Kier alpha value is -3.33. The van der Waals surface area contributed by atoms with Gasteiger partial charge in [-0.1, -0.05) is 37.1 Å². The van der Waals surface area contributed by atoms with Crippen molar-refractivity contribution in [1.82, 2.24) is 10.2 Å². The number of nitrogens with one attached hydrogen (secondary N) is 2. The molecule has 9 heteroatoms. The number of likely N-dealkylation sites (tertiary alicyclic amines) is 1. The predicted octanol–water partition coefficient (Wildman–Crippen LogP) is 3.74. The van der Waals surface area contributed by atoms with E-state index >= 15 is 0 Å². The van der Waals surface area contributed by atoms with Crippen LogP contribution < -0.4 is 10.6 Å². The zero-order valence-corrected chi connectivity index (χ0v) is 17.1. The lowest BCUT2D eigenvalue weighted by molar-refractivity contribution is -0.385. The van der Waals surface area contributed by atoms with E-state index < -0.39 is 10.8 Å². The van der Waals surface area contributed by atoms with Crippen molar-refractivity contribution in [3.05, 3.63) is 69.8 Å². The molecule has 0 aromatic heterocycles. The van der Waals surface area contributed by atoms with Crippen molar-refractivity contribution in [2.75, 3.05) is 18.4 Å². The minimum absolute atomic E-state index is 0.0470. The molecule has 3 rings (SSSR count). The molecule has 0 atom stereocenters. The molecule has 8 nitrogen and oxygen atoms in total. The van der Waals surface area contributed by atoms with Gasteiger partial charge in [-0.3, -0.25) is 25.0 Å². The van der Waals surface area contributed by atoms with Crippen LogP contribution in [-0.4, -0.2) is 39.8 Å². The van der Waals surface area contributed by atoms with Crippen LogP contribution in [0.1, 0.15) is 46.4 Å². The molecule has 2 aromatic carbocycles. The highest BCUT2D eigenvalue weighted by Crippen LogP contribution is 2.21. The molecule has 0 spiro atoms. The van der Waals surface area contributed by atoms with Crippen molar-refractivity contribution in [2.45, 2.75) is 25.7 Å². The second kappa shape index (κ2) is 9.93. The summed E-state index contributed by atoms with van der Waals surface area (Å²) >= 11 is 5.21. The molecule has 156 valence electrons. The zero-order valence-electron chi connectivity index (χ0n) is 16.3. The maximum atomic E-state index is 13.0. The van der Waals surface area contributed by atoms with Gasteiger partial charge in [0.15, 0.2) is 5.11 Å². The van der Waals surface area contributed by atoms with Gasteiger partial charge in [0.05, 0.1) is 16.2 Å². The average Bonchev–Trinajstić information content (AvgIpc) is 3.03. The maximum absolute atomic E-state index is 13.0. The van der Waals surface area contributed by atoms with Crippen LogP contribution in [0.25, 0.3) is 0 Å². The maximum Gasteiger partial charge on any atom is 0.282 e. The standard InChI is InChI=1S/C21H22N4O4S/c26-19(16-10-4-6-12-18(16)25(28)29)23-21(30)22-17-11-5-3-9-15(17)20(27)24-13-7-1-2-8-14-24/h3-6,9-12H,1-2,7-8,13-14H2,(H2,22,23,26,30). The van der Waals surface area contributed by atoms with E-state index in [2.05, 4.69) is 10.6 Å². The first kappa shape index (κ1) is 21.4. The Kier molecular flexibility index (Phi) is 7.08. The first-order valence-electron chi connectivity index (χ1n) is 9.71. The molecule has 2 N–H and O–H groups in total. The van der Waals surface area contributed by atoms with E-state index in [-0.39, 0.29) is 22.3 Å². The molecular weight excluding hydrogens is 404 g/mol. The molecule has 30 heavy (non-hydrogen) atoms. The Morgan fingerprint density at radius 3 is 2.20 bits per heavy atom. The Morgan fingerprint density at radius 2 is 1.53 bits per heavy atom. The summed E-state index contributed by atoms with van der Waals surface area (Å²) in [5.74, 6) is -0.788. The number of carbonyl (C=O) groups excluding carboxylic acids is 2. The fourth-order valence-corrected chi connectivity index (χ4v) is 3.57. The number of nitrogens with zero attached hydrogens (tertiary/aromatic N) is 2. The number of amides is 2. The van der Waals surface area contributed by atoms with E-state index in [1.807, 2.05) is 4.90 Å². The minimum atomic E-state index is -0.698. The molecule has 1 saturated heterocycles. The summed E-state index contributed by atoms with van der Waals surface area (Å²) in [6, 6.07) is 12.6. The van der Waals surface area contributed by atoms with Crippen LogP contribution in [0.2, 0.25) is 0 Å². The van der Waals surface area contributed by atoms with Crippen LogP contribution in [0.3, 0.4) is 0 Å². The fourth-order valence-electron chi connectivity index (χ4n) is 3.37. The summed E-state index contributed by atoms with van der Waals surface area (Å²) in [6.45, 7) is 1.43. The molecule has 1 heterocycles. The lowest BCUT2D eigenvalue weighted by Gasteiger charge is -2.22. The van der Waals surface area contributed by atoms with Gasteiger partial charge in [0.1, 0.15) is 5.56 Å². The highest BCUT2D eigenvalue weighted by Gasteiger charge is 2.22. The van der Waals surface area contributed by atoms with Gasteiger partial charge in [-0.2, -0.15) is 0 Å². The zero-order chi connectivity index (χ0) is 21.5. The summed E-state index contributed by atoms with van der Waals surface area (Å²) in [5, 5.41) is 16.4. The van der Waals surface area contributed by atoms with Crippen LogP contribution in [-0.2, 0) is 0 Å². The Labute approximate surface area is 179 Å². The molecule has 1 aliphatic heterocycles. The number of hydrogen-bond acceptors (Lipinski definition) is 5. The molecule has 0 unspecified atom stereocenters. The third-order valence-electron chi connectivity index (χ3n) is 4.87. The molecule has 0 bridgehead atoms. The first-order chi connectivity index (χ1) is 14.5. The number of thiocarbonyl (C=S) groups is 1. The van der Waals surface area contributed by atoms with Gasteiger partial charge in [-0.15, -0.1) is 0 Å². The van der Waals surface area contributed by atoms with Gasteiger partial charge in [-0.05, 0) is 43.3 Å². The third-order valence-corrected chi connectivity index (χ3v) is 5.08. The summed E-state index contributed by atoms with van der Waals surface area (Å²) < 4.78 is 0. The van der Waals surface area contributed by atoms with Gasteiger partial charge >= 0.3 is 0 Å². The van der Waals surface area contributed by atoms with E-state index in [4.69, 9.17) is 12.2 Å². The molecule has 1 aliphatic rings. The molecular formula is C21H22N4O4S. The number of carbonyl (C=O) groups is 2. The molecule has 1 fully saturated rings. The van der Waals surface area contributed by atoms with Crippen molar-refractivity contribution < 1.29 is 14.5 Å². The molecule has 0 aliphatic carbocycles. The van der Waals surface area contributed by atoms with E-state index in [1.165, 1.54) is 24.3 Å². The number of para-hydroxylation sites is 2. The van der Waals surface area contributed by atoms with Gasteiger partial charge < -0.3 is 10.2 Å². The first-order valence-corrected chi connectivity index (χ1v) is 10.1. The molecule has 2 aromatic rings. The van der Waals surface area contributed by atoms with Crippen LogP contribution in [0.5, 0.6) is 0 Å². The van der Waals surface area contributed by atoms with Crippen LogP contribution in [0.4, 0.5) is 11.4 Å². The Balaban J connectivity index is 1.72. The van der Waals surface area contributed by atoms with Crippen molar-refractivity contribution >= 4 is 40.5 Å². The Bertz CT molecular complexity index is 971. The van der Waals surface area contributed by atoms with Crippen molar-refractivity contribution in [3.63, 3.8) is 0 Å². The molecule has 0 radical (unpaired) electrons. The van der Waals surface area contributed by atoms with Gasteiger partial charge in [0.2, 0.25) is 0 Å². The topological polar surface area (TPSA) is 105 Å². The van der Waals surface area contributed by atoms with Crippen LogP contribution in [0.15, 0.2) is 48.5 Å². The number of anilines is 1. The second-order valence-corrected chi connectivity index (χ2v) is 7.34. The van der Waals surface area contributed by atoms with E-state index in [1.54, 1.807) is 24.3 Å². The number of nitro groups is 1. The number of rotatable bonds is 4. The predicted molar refractivity (Wildman–Crippen MR) is 118 cm³/mol. The SMILES string of the molecule is O=C(NC(=S)Nc1ccccc1C(=O)N1CCCCCC1)c1ccccc1[N+](=O)[O-]. The van der Waals surface area contributed by atoms with Gasteiger partial charge in [0.25, 0.3) is 17.5 Å². The third kappa shape index (κ3) is 5.18. The Morgan fingerprint density at radius 1 is 0.933 bits per heavy atom. The van der Waals surface area contributed by atoms with Gasteiger partial charge in [0, 0.05) is 19.2 Å². The van der Waals surface area contributed by atoms with Crippen molar-refractivity contribution in [3.8, 4) is 0 Å². The fraction of sp³-hybridized carbons (Fsp3) is 0.286.